The van der Waals surface area contributed by atoms with E-state index in [1.807, 2.05) is 38.1 Å². The Labute approximate surface area is 195 Å². The van der Waals surface area contributed by atoms with Crippen molar-refractivity contribution in [1.82, 2.24) is 15.6 Å². The summed E-state index contributed by atoms with van der Waals surface area (Å²) in [4.78, 5) is 20.8. The Morgan fingerprint density at radius 1 is 1.17 bits per heavy atom. The molecule has 1 heterocycles. The van der Waals surface area contributed by atoms with E-state index in [-0.39, 0.29) is 29.9 Å². The monoisotopic (exact) mass is 529 g/mol. The number of aliphatic imine (C=N–C) groups is 1. The first-order valence-corrected chi connectivity index (χ1v) is 10.5. The number of guanidine groups is 1. The van der Waals surface area contributed by atoms with Crippen LogP contribution in [0.4, 0.5) is 5.69 Å². The van der Waals surface area contributed by atoms with Gasteiger partial charge in [0.1, 0.15) is 5.01 Å². The number of halogens is 1. The number of benzene rings is 1. The van der Waals surface area contributed by atoms with E-state index in [1.165, 1.54) is 0 Å². The number of amides is 1. The van der Waals surface area contributed by atoms with Crippen molar-refractivity contribution in [3.8, 4) is 0 Å². The fraction of sp³-hybridized carbons (Fsp3) is 0.476. The van der Waals surface area contributed by atoms with Crippen LogP contribution in [0.2, 0.25) is 0 Å². The third-order valence-corrected chi connectivity index (χ3v) is 4.92. The molecule has 0 unspecified atom stereocenters. The average Bonchev–Trinajstić information content (AvgIpc) is 3.11. The normalized spacial score (nSPS) is 11.3. The fourth-order valence-electron chi connectivity index (χ4n) is 2.58. The molecular weight excluding hydrogens is 497 g/mol. The number of carbonyl (C=O) groups is 1. The molecular formula is C21H32IN5OS. The van der Waals surface area contributed by atoms with Crippen LogP contribution in [-0.2, 0) is 17.9 Å². The molecule has 0 spiro atoms. The van der Waals surface area contributed by atoms with Gasteiger partial charge in [0.2, 0.25) is 5.91 Å². The highest BCUT2D eigenvalue weighted by Crippen LogP contribution is 2.17. The van der Waals surface area contributed by atoms with Gasteiger partial charge in [-0.05, 0) is 29.5 Å². The van der Waals surface area contributed by atoms with Crippen molar-refractivity contribution in [3.05, 3.63) is 45.9 Å². The number of hydrogen-bond donors (Lipinski definition) is 3. The van der Waals surface area contributed by atoms with E-state index < -0.39 is 0 Å². The summed E-state index contributed by atoms with van der Waals surface area (Å²) in [5.74, 6) is 1.54. The molecule has 160 valence electrons. The highest BCUT2D eigenvalue weighted by molar-refractivity contribution is 14.0. The quantitative estimate of drug-likeness (QED) is 0.263. The van der Waals surface area contributed by atoms with Gasteiger partial charge < -0.3 is 16.0 Å². The number of rotatable bonds is 8. The van der Waals surface area contributed by atoms with E-state index in [0.717, 1.165) is 27.9 Å². The maximum Gasteiger partial charge on any atom is 0.224 e. The van der Waals surface area contributed by atoms with Gasteiger partial charge in [0.25, 0.3) is 0 Å². The van der Waals surface area contributed by atoms with Crippen molar-refractivity contribution in [2.75, 3.05) is 12.4 Å². The average molecular weight is 529 g/mol. The lowest BCUT2D eigenvalue weighted by molar-refractivity contribution is -0.116. The van der Waals surface area contributed by atoms with Crippen LogP contribution in [-0.4, -0.2) is 23.9 Å². The summed E-state index contributed by atoms with van der Waals surface area (Å²) in [5.41, 5.74) is 3.01. The van der Waals surface area contributed by atoms with Crippen LogP contribution in [0.25, 0.3) is 0 Å². The minimum atomic E-state index is 0. The van der Waals surface area contributed by atoms with Gasteiger partial charge in [0.05, 0.1) is 12.2 Å². The molecule has 1 amide bonds. The predicted octanol–water partition coefficient (Wildman–Crippen LogP) is 4.73. The summed E-state index contributed by atoms with van der Waals surface area (Å²) in [7, 11) is 1.75. The largest absolute Gasteiger partial charge is 0.352 e. The molecule has 1 aromatic heterocycles. The third kappa shape index (κ3) is 9.12. The smallest absolute Gasteiger partial charge is 0.224 e. The number of thiazole rings is 1. The Bertz CT molecular complexity index is 804. The maximum atomic E-state index is 11.9. The number of nitrogens with one attached hydrogen (secondary N) is 3. The predicted molar refractivity (Wildman–Crippen MR) is 133 cm³/mol. The Balaban J connectivity index is 0.00000420. The SMILES string of the molecule is CN=C(NCc1cccc(NC(=O)CC(C)C)c1)NCc1nc(C(C)C)cs1.I. The van der Waals surface area contributed by atoms with E-state index in [1.54, 1.807) is 18.4 Å². The van der Waals surface area contributed by atoms with Gasteiger partial charge in [-0.25, -0.2) is 4.98 Å². The molecule has 6 nitrogen and oxygen atoms in total. The molecule has 3 N–H and O–H groups in total. The number of carbonyl (C=O) groups excluding carboxylic acids is 1. The minimum Gasteiger partial charge on any atom is -0.352 e. The van der Waals surface area contributed by atoms with Crippen LogP contribution < -0.4 is 16.0 Å². The highest BCUT2D eigenvalue weighted by atomic mass is 127. The first-order chi connectivity index (χ1) is 13.4. The molecule has 0 aliphatic heterocycles. The van der Waals surface area contributed by atoms with Gasteiger partial charge in [0, 0.05) is 31.1 Å². The first-order valence-electron chi connectivity index (χ1n) is 9.65. The van der Waals surface area contributed by atoms with Gasteiger partial charge >= 0.3 is 0 Å². The summed E-state index contributed by atoms with van der Waals surface area (Å²) in [6, 6.07) is 7.85. The molecule has 0 saturated carbocycles. The summed E-state index contributed by atoms with van der Waals surface area (Å²) in [6.45, 7) is 9.62. The molecule has 0 fully saturated rings. The lowest BCUT2D eigenvalue weighted by Crippen LogP contribution is -2.36. The van der Waals surface area contributed by atoms with E-state index in [2.05, 4.69) is 45.2 Å². The van der Waals surface area contributed by atoms with E-state index in [0.29, 0.717) is 31.3 Å². The van der Waals surface area contributed by atoms with Gasteiger partial charge in [0.15, 0.2) is 5.96 Å². The molecule has 0 atom stereocenters. The molecule has 0 aliphatic rings. The maximum absolute atomic E-state index is 11.9. The van der Waals surface area contributed by atoms with Crippen molar-refractivity contribution < 1.29 is 4.79 Å². The second-order valence-electron chi connectivity index (χ2n) is 7.45. The van der Waals surface area contributed by atoms with Crippen molar-refractivity contribution in [2.45, 2.75) is 53.1 Å². The zero-order chi connectivity index (χ0) is 20.5. The molecule has 29 heavy (non-hydrogen) atoms. The minimum absolute atomic E-state index is 0. The second-order valence-corrected chi connectivity index (χ2v) is 8.39. The summed E-state index contributed by atoms with van der Waals surface area (Å²) >= 11 is 1.66. The number of nitrogens with zero attached hydrogens (tertiary/aromatic N) is 2. The molecule has 2 rings (SSSR count). The Morgan fingerprint density at radius 3 is 2.52 bits per heavy atom. The highest BCUT2D eigenvalue weighted by Gasteiger charge is 2.08. The van der Waals surface area contributed by atoms with Crippen LogP contribution in [0.3, 0.4) is 0 Å². The van der Waals surface area contributed by atoms with Crippen LogP contribution in [0.1, 0.15) is 56.3 Å². The Kier molecular flexibility index (Phi) is 11.2. The summed E-state index contributed by atoms with van der Waals surface area (Å²) < 4.78 is 0. The summed E-state index contributed by atoms with van der Waals surface area (Å²) in [6.07, 6.45) is 0.522. The van der Waals surface area contributed by atoms with E-state index >= 15 is 0 Å². The molecule has 2 aromatic rings. The Hall–Kier alpha value is -1.68. The molecule has 0 bridgehead atoms. The summed E-state index contributed by atoms with van der Waals surface area (Å²) in [5, 5.41) is 12.7. The standard InChI is InChI=1S/C21H31N5OS.HI/c1-14(2)9-19(27)25-17-8-6-7-16(10-17)11-23-21(22-5)24-12-20-26-18(13-28-20)15(3)4;/h6-8,10,13-15H,9,11-12H2,1-5H3,(H,25,27)(H2,22,23,24);1H. The van der Waals surface area contributed by atoms with Crippen LogP contribution in [0, 0.1) is 5.92 Å². The third-order valence-electron chi connectivity index (χ3n) is 4.06. The Morgan fingerprint density at radius 2 is 1.90 bits per heavy atom. The lowest BCUT2D eigenvalue weighted by Gasteiger charge is -2.12. The number of anilines is 1. The molecule has 0 aliphatic carbocycles. The lowest BCUT2D eigenvalue weighted by atomic mass is 10.1. The molecule has 8 heteroatoms. The second kappa shape index (κ2) is 12.8. The molecule has 1 aromatic carbocycles. The van der Waals surface area contributed by atoms with Crippen molar-refractivity contribution in [3.63, 3.8) is 0 Å². The van der Waals surface area contributed by atoms with Crippen molar-refractivity contribution in [2.24, 2.45) is 10.9 Å². The van der Waals surface area contributed by atoms with Crippen LogP contribution in [0.5, 0.6) is 0 Å². The van der Waals surface area contributed by atoms with Crippen LogP contribution >= 0.6 is 35.3 Å². The number of aromatic nitrogens is 1. The van der Waals surface area contributed by atoms with E-state index in [4.69, 9.17) is 0 Å². The fourth-order valence-corrected chi connectivity index (χ4v) is 3.47. The van der Waals surface area contributed by atoms with Gasteiger partial charge in [-0.1, -0.05) is 39.8 Å². The first kappa shape index (κ1) is 25.4. The van der Waals surface area contributed by atoms with Gasteiger partial charge in [-0.15, -0.1) is 35.3 Å². The van der Waals surface area contributed by atoms with Crippen molar-refractivity contribution in [1.29, 1.82) is 0 Å². The van der Waals surface area contributed by atoms with E-state index in [9.17, 15) is 4.79 Å². The molecule has 0 radical (unpaired) electrons. The zero-order valence-corrected chi connectivity index (χ0v) is 20.9. The van der Waals surface area contributed by atoms with Crippen molar-refractivity contribution >= 4 is 52.9 Å². The zero-order valence-electron chi connectivity index (χ0n) is 17.8. The topological polar surface area (TPSA) is 78.4 Å². The molecule has 0 saturated heterocycles. The van der Waals surface area contributed by atoms with Gasteiger partial charge in [-0.3, -0.25) is 9.79 Å². The van der Waals surface area contributed by atoms with Crippen LogP contribution in [0.15, 0.2) is 34.6 Å². The number of hydrogen-bond acceptors (Lipinski definition) is 4. The van der Waals surface area contributed by atoms with Gasteiger partial charge in [-0.2, -0.15) is 0 Å².